The number of nitrogens with one attached hydrogen (secondary N) is 2. The van der Waals surface area contributed by atoms with Crippen LogP contribution in [-0.4, -0.2) is 36.3 Å². The summed E-state index contributed by atoms with van der Waals surface area (Å²) >= 11 is 6.01. The third-order valence-electron chi connectivity index (χ3n) is 4.76. The number of aryl methyl sites for hydroxylation is 1. The van der Waals surface area contributed by atoms with E-state index in [2.05, 4.69) is 10.6 Å². The van der Waals surface area contributed by atoms with Gasteiger partial charge in [-0.25, -0.2) is 0 Å². The molecule has 6 heteroatoms. The number of halogens is 1. The summed E-state index contributed by atoms with van der Waals surface area (Å²) in [5, 5.41) is 6.46. The topological polar surface area (TPSA) is 61.4 Å². The number of rotatable bonds is 5. The summed E-state index contributed by atoms with van der Waals surface area (Å²) in [6, 6.07) is 14.9. The van der Waals surface area contributed by atoms with Crippen molar-refractivity contribution in [2.24, 2.45) is 5.92 Å². The normalized spacial score (nSPS) is 17.3. The fourth-order valence-electron chi connectivity index (χ4n) is 3.30. The Hall–Kier alpha value is -2.37. The maximum absolute atomic E-state index is 12.5. The minimum Gasteiger partial charge on any atom is -0.326 e. The first-order valence-corrected chi connectivity index (χ1v) is 9.53. The first-order chi connectivity index (χ1) is 13.0. The molecule has 0 spiro atoms. The highest BCUT2D eigenvalue weighted by Crippen LogP contribution is 2.21. The fraction of sp³-hybridized carbons (Fsp3) is 0.333. The maximum atomic E-state index is 12.5. The average molecular weight is 386 g/mol. The maximum Gasteiger partial charge on any atom is 0.238 e. The van der Waals surface area contributed by atoms with Crippen molar-refractivity contribution < 1.29 is 9.59 Å². The molecule has 2 aromatic carbocycles. The molecule has 1 atom stereocenters. The number of carbonyl (C=O) groups is 2. The lowest BCUT2D eigenvalue weighted by molar-refractivity contribution is -0.123. The molecule has 2 aromatic rings. The molecule has 142 valence electrons. The van der Waals surface area contributed by atoms with Crippen molar-refractivity contribution in [1.82, 2.24) is 4.90 Å². The summed E-state index contributed by atoms with van der Waals surface area (Å²) in [5.41, 5.74) is 2.49. The van der Waals surface area contributed by atoms with Gasteiger partial charge in [-0.2, -0.15) is 0 Å². The number of benzene rings is 2. The molecule has 0 bridgehead atoms. The second-order valence-corrected chi connectivity index (χ2v) is 7.37. The van der Waals surface area contributed by atoms with Gasteiger partial charge in [-0.05, 0) is 56.1 Å². The average Bonchev–Trinajstić information content (AvgIpc) is 2.65. The standard InChI is InChI=1S/C21H24ClN3O2/c1-15-9-10-17(22)12-19(15)24-20(26)14-25-11-5-6-16(13-25)21(27)23-18-7-3-2-4-8-18/h2-4,7-10,12,16H,5-6,11,13-14H2,1H3,(H,23,27)(H,24,26). The Morgan fingerprint density at radius 1 is 1.15 bits per heavy atom. The molecule has 2 amide bonds. The summed E-state index contributed by atoms with van der Waals surface area (Å²) in [7, 11) is 0. The van der Waals surface area contributed by atoms with Gasteiger partial charge in [0, 0.05) is 22.9 Å². The molecule has 1 heterocycles. The summed E-state index contributed by atoms with van der Waals surface area (Å²) in [5.74, 6) is -0.193. The Bertz CT molecular complexity index is 810. The van der Waals surface area contributed by atoms with Crippen LogP contribution >= 0.6 is 11.6 Å². The van der Waals surface area contributed by atoms with Crippen LogP contribution in [0, 0.1) is 12.8 Å². The number of piperidine rings is 1. The Labute approximate surface area is 164 Å². The number of amides is 2. The van der Waals surface area contributed by atoms with Crippen LogP contribution in [0.15, 0.2) is 48.5 Å². The van der Waals surface area contributed by atoms with E-state index >= 15 is 0 Å². The summed E-state index contributed by atoms with van der Waals surface area (Å²) in [6.45, 7) is 3.59. The highest BCUT2D eigenvalue weighted by Gasteiger charge is 2.27. The van der Waals surface area contributed by atoms with E-state index < -0.39 is 0 Å². The van der Waals surface area contributed by atoms with Gasteiger partial charge in [-0.15, -0.1) is 0 Å². The van der Waals surface area contributed by atoms with Gasteiger partial charge < -0.3 is 10.6 Å². The lowest BCUT2D eigenvalue weighted by Gasteiger charge is -2.31. The Balaban J connectivity index is 1.54. The number of hydrogen-bond acceptors (Lipinski definition) is 3. The minimum absolute atomic E-state index is 0.0111. The Kier molecular flexibility index (Phi) is 6.48. The first kappa shape index (κ1) is 19.4. The Morgan fingerprint density at radius 2 is 1.93 bits per heavy atom. The van der Waals surface area contributed by atoms with Gasteiger partial charge in [0.05, 0.1) is 12.5 Å². The van der Waals surface area contributed by atoms with Gasteiger partial charge in [0.25, 0.3) is 0 Å². The largest absolute Gasteiger partial charge is 0.326 e. The zero-order chi connectivity index (χ0) is 19.2. The van der Waals surface area contributed by atoms with E-state index in [-0.39, 0.29) is 24.3 Å². The van der Waals surface area contributed by atoms with Gasteiger partial charge in [-0.1, -0.05) is 35.9 Å². The van der Waals surface area contributed by atoms with Crippen molar-refractivity contribution >= 4 is 34.8 Å². The predicted octanol–water partition coefficient (Wildman–Crippen LogP) is 3.94. The van der Waals surface area contributed by atoms with Crippen LogP contribution in [0.4, 0.5) is 11.4 Å². The van der Waals surface area contributed by atoms with Gasteiger partial charge in [0.2, 0.25) is 11.8 Å². The minimum atomic E-state index is -0.111. The summed E-state index contributed by atoms with van der Waals surface area (Å²) < 4.78 is 0. The molecule has 1 unspecified atom stereocenters. The number of nitrogens with zero attached hydrogens (tertiary/aromatic N) is 1. The third kappa shape index (κ3) is 5.55. The lowest BCUT2D eigenvalue weighted by atomic mass is 9.97. The fourth-order valence-corrected chi connectivity index (χ4v) is 3.47. The number of likely N-dealkylation sites (tertiary alicyclic amines) is 1. The van der Waals surface area contributed by atoms with Gasteiger partial charge in [-0.3, -0.25) is 14.5 Å². The monoisotopic (exact) mass is 385 g/mol. The summed E-state index contributed by atoms with van der Waals surface area (Å²) in [4.78, 5) is 27.0. The predicted molar refractivity (Wildman–Crippen MR) is 109 cm³/mol. The molecule has 1 aliphatic heterocycles. The molecule has 27 heavy (non-hydrogen) atoms. The second kappa shape index (κ2) is 9.02. The molecule has 0 aromatic heterocycles. The van der Waals surface area contributed by atoms with Gasteiger partial charge >= 0.3 is 0 Å². The van der Waals surface area contributed by atoms with E-state index in [1.807, 2.05) is 48.2 Å². The number of carbonyl (C=O) groups excluding carboxylic acids is 2. The number of anilines is 2. The van der Waals surface area contributed by atoms with E-state index in [0.717, 1.165) is 36.3 Å². The third-order valence-corrected chi connectivity index (χ3v) is 4.99. The van der Waals surface area contributed by atoms with Crippen molar-refractivity contribution in [1.29, 1.82) is 0 Å². The van der Waals surface area contributed by atoms with Crippen LogP contribution in [0.2, 0.25) is 5.02 Å². The summed E-state index contributed by atoms with van der Waals surface area (Å²) in [6.07, 6.45) is 1.74. The molecule has 1 saturated heterocycles. The highest BCUT2D eigenvalue weighted by atomic mass is 35.5. The van der Waals surface area contributed by atoms with Gasteiger partial charge in [0.15, 0.2) is 0 Å². The zero-order valence-corrected chi connectivity index (χ0v) is 16.1. The van der Waals surface area contributed by atoms with E-state index in [1.54, 1.807) is 12.1 Å². The van der Waals surface area contributed by atoms with Crippen LogP contribution in [0.25, 0.3) is 0 Å². The van der Waals surface area contributed by atoms with Crippen LogP contribution < -0.4 is 10.6 Å². The van der Waals surface area contributed by atoms with Crippen LogP contribution in [0.3, 0.4) is 0 Å². The van der Waals surface area contributed by atoms with E-state index in [0.29, 0.717) is 11.6 Å². The van der Waals surface area contributed by atoms with E-state index in [1.165, 1.54) is 0 Å². The van der Waals surface area contributed by atoms with Crippen molar-refractivity contribution in [2.45, 2.75) is 19.8 Å². The van der Waals surface area contributed by atoms with Gasteiger partial charge in [0.1, 0.15) is 0 Å². The van der Waals surface area contributed by atoms with Crippen molar-refractivity contribution in [3.63, 3.8) is 0 Å². The van der Waals surface area contributed by atoms with Crippen LogP contribution in [-0.2, 0) is 9.59 Å². The molecule has 2 N–H and O–H groups in total. The van der Waals surface area contributed by atoms with Crippen molar-refractivity contribution in [3.05, 3.63) is 59.1 Å². The molecule has 0 radical (unpaired) electrons. The van der Waals surface area contributed by atoms with E-state index in [9.17, 15) is 9.59 Å². The highest BCUT2D eigenvalue weighted by molar-refractivity contribution is 6.31. The quantitative estimate of drug-likeness (QED) is 0.819. The van der Waals surface area contributed by atoms with Crippen molar-refractivity contribution in [2.75, 3.05) is 30.3 Å². The molecule has 3 rings (SSSR count). The SMILES string of the molecule is Cc1ccc(Cl)cc1NC(=O)CN1CCCC(C(=O)Nc2ccccc2)C1. The lowest BCUT2D eigenvalue weighted by Crippen LogP contribution is -2.44. The first-order valence-electron chi connectivity index (χ1n) is 9.15. The number of hydrogen-bond donors (Lipinski definition) is 2. The molecular weight excluding hydrogens is 362 g/mol. The Morgan fingerprint density at radius 3 is 2.70 bits per heavy atom. The number of para-hydroxylation sites is 1. The molecule has 0 saturated carbocycles. The zero-order valence-electron chi connectivity index (χ0n) is 15.4. The molecule has 1 fully saturated rings. The molecular formula is C21H24ClN3O2. The smallest absolute Gasteiger partial charge is 0.238 e. The van der Waals surface area contributed by atoms with Crippen molar-refractivity contribution in [3.8, 4) is 0 Å². The van der Waals surface area contributed by atoms with Crippen LogP contribution in [0.1, 0.15) is 18.4 Å². The molecule has 5 nitrogen and oxygen atoms in total. The second-order valence-electron chi connectivity index (χ2n) is 6.94. The molecule has 0 aliphatic carbocycles. The van der Waals surface area contributed by atoms with E-state index in [4.69, 9.17) is 11.6 Å². The van der Waals surface area contributed by atoms with Crippen LogP contribution in [0.5, 0.6) is 0 Å². The molecule has 1 aliphatic rings.